The summed E-state index contributed by atoms with van der Waals surface area (Å²) < 4.78 is 1.92. The maximum Gasteiger partial charge on any atom is 0.0752 e. The monoisotopic (exact) mass is 207 g/mol. The highest BCUT2D eigenvalue weighted by Gasteiger charge is 2.03. The molecular weight excluding hydrogens is 194 g/mol. The van der Waals surface area contributed by atoms with E-state index in [1.54, 1.807) is 11.3 Å². The topological polar surface area (TPSA) is 43.8 Å². The molecule has 0 spiro atoms. The molecule has 0 aliphatic carbocycles. The van der Waals surface area contributed by atoms with Gasteiger partial charge in [-0.15, -0.1) is 11.3 Å². The molecule has 4 heteroatoms. The molecule has 0 aromatic carbocycles. The second-order valence-electron chi connectivity index (χ2n) is 3.34. The summed E-state index contributed by atoms with van der Waals surface area (Å²) in [6.07, 6.45) is 3.84. The van der Waals surface area contributed by atoms with Gasteiger partial charge in [0.1, 0.15) is 0 Å². The Morgan fingerprint density at radius 2 is 2.50 bits per heavy atom. The van der Waals surface area contributed by atoms with Crippen LogP contribution in [0.3, 0.4) is 0 Å². The Balaban J connectivity index is 2.11. The average Bonchev–Trinajstić information content (AvgIpc) is 2.75. The van der Waals surface area contributed by atoms with E-state index in [0.29, 0.717) is 0 Å². The number of aromatic nitrogens is 2. The van der Waals surface area contributed by atoms with Crippen molar-refractivity contribution in [2.75, 3.05) is 0 Å². The predicted octanol–water partition coefficient (Wildman–Crippen LogP) is 2.01. The molecule has 0 saturated carbocycles. The maximum atomic E-state index is 5.75. The van der Waals surface area contributed by atoms with Gasteiger partial charge in [-0.05, 0) is 18.4 Å². The first-order chi connectivity index (χ1) is 6.75. The van der Waals surface area contributed by atoms with Crippen molar-refractivity contribution in [3.63, 3.8) is 0 Å². The fourth-order valence-electron chi connectivity index (χ4n) is 1.26. The van der Waals surface area contributed by atoms with E-state index in [0.717, 1.165) is 12.1 Å². The van der Waals surface area contributed by atoms with Gasteiger partial charge >= 0.3 is 0 Å². The molecule has 0 saturated heterocycles. The van der Waals surface area contributed by atoms with Crippen LogP contribution in [-0.2, 0) is 6.54 Å². The van der Waals surface area contributed by atoms with Crippen molar-refractivity contribution >= 4 is 11.3 Å². The molecule has 0 bridgehead atoms. The van der Waals surface area contributed by atoms with E-state index in [-0.39, 0.29) is 6.04 Å². The van der Waals surface area contributed by atoms with Crippen molar-refractivity contribution in [2.24, 2.45) is 5.73 Å². The SMILES string of the molecule is C[C@H](N)c1cnn(Cc2cccs2)c1. The molecule has 2 aromatic rings. The van der Waals surface area contributed by atoms with E-state index in [4.69, 9.17) is 5.73 Å². The highest BCUT2D eigenvalue weighted by Crippen LogP contribution is 2.12. The Morgan fingerprint density at radius 1 is 1.64 bits per heavy atom. The van der Waals surface area contributed by atoms with Crippen LogP contribution < -0.4 is 5.73 Å². The van der Waals surface area contributed by atoms with Crippen LogP contribution in [0.5, 0.6) is 0 Å². The largest absolute Gasteiger partial charge is 0.324 e. The summed E-state index contributed by atoms with van der Waals surface area (Å²) in [5.41, 5.74) is 6.83. The van der Waals surface area contributed by atoms with Crippen molar-refractivity contribution in [1.82, 2.24) is 9.78 Å². The molecule has 2 N–H and O–H groups in total. The zero-order chi connectivity index (χ0) is 9.97. The summed E-state index contributed by atoms with van der Waals surface area (Å²) in [5.74, 6) is 0. The second kappa shape index (κ2) is 3.94. The van der Waals surface area contributed by atoms with Crippen LogP contribution in [-0.4, -0.2) is 9.78 Å². The zero-order valence-corrected chi connectivity index (χ0v) is 8.87. The molecule has 2 heterocycles. The molecule has 0 radical (unpaired) electrons. The minimum atomic E-state index is 0.0621. The first-order valence-corrected chi connectivity index (χ1v) is 5.44. The highest BCUT2D eigenvalue weighted by atomic mass is 32.1. The van der Waals surface area contributed by atoms with Gasteiger partial charge < -0.3 is 5.73 Å². The van der Waals surface area contributed by atoms with Crippen LogP contribution in [0.25, 0.3) is 0 Å². The standard InChI is InChI=1S/C10H13N3S/c1-8(11)9-5-12-13(6-9)7-10-3-2-4-14-10/h2-6,8H,7,11H2,1H3/t8-/m0/s1. The van der Waals surface area contributed by atoms with Crippen molar-refractivity contribution in [3.05, 3.63) is 40.3 Å². The molecular formula is C10H13N3S. The van der Waals surface area contributed by atoms with Crippen LogP contribution in [0.4, 0.5) is 0 Å². The van der Waals surface area contributed by atoms with Crippen LogP contribution >= 0.6 is 11.3 Å². The Hall–Kier alpha value is -1.13. The van der Waals surface area contributed by atoms with Crippen molar-refractivity contribution < 1.29 is 0 Å². The number of hydrogen-bond acceptors (Lipinski definition) is 3. The third-order valence-electron chi connectivity index (χ3n) is 2.08. The van der Waals surface area contributed by atoms with E-state index >= 15 is 0 Å². The number of nitrogens with two attached hydrogens (primary N) is 1. The second-order valence-corrected chi connectivity index (χ2v) is 4.37. The van der Waals surface area contributed by atoms with Gasteiger partial charge in [-0.1, -0.05) is 6.07 Å². The van der Waals surface area contributed by atoms with E-state index in [2.05, 4.69) is 22.6 Å². The Labute approximate surface area is 87.2 Å². The lowest BCUT2D eigenvalue weighted by molar-refractivity contribution is 0.692. The lowest BCUT2D eigenvalue weighted by atomic mass is 10.2. The third-order valence-corrected chi connectivity index (χ3v) is 2.94. The van der Waals surface area contributed by atoms with Gasteiger partial charge in [0.2, 0.25) is 0 Å². The van der Waals surface area contributed by atoms with Crippen LogP contribution in [0.15, 0.2) is 29.9 Å². The summed E-state index contributed by atoms with van der Waals surface area (Å²) in [4.78, 5) is 1.31. The van der Waals surface area contributed by atoms with Crippen molar-refractivity contribution in [3.8, 4) is 0 Å². The smallest absolute Gasteiger partial charge is 0.0752 e. The quantitative estimate of drug-likeness (QED) is 0.836. The molecule has 0 aliphatic rings. The van der Waals surface area contributed by atoms with Crippen molar-refractivity contribution in [1.29, 1.82) is 0 Å². The molecule has 0 fully saturated rings. The molecule has 0 unspecified atom stereocenters. The lowest BCUT2D eigenvalue weighted by Crippen LogP contribution is -2.03. The summed E-state index contributed by atoms with van der Waals surface area (Å²) in [7, 11) is 0. The lowest BCUT2D eigenvalue weighted by Gasteiger charge is -1.99. The van der Waals surface area contributed by atoms with Gasteiger partial charge in [0.25, 0.3) is 0 Å². The van der Waals surface area contributed by atoms with Gasteiger partial charge in [-0.2, -0.15) is 5.10 Å². The van der Waals surface area contributed by atoms with E-state index in [9.17, 15) is 0 Å². The normalized spacial score (nSPS) is 13.0. The average molecular weight is 207 g/mol. The van der Waals surface area contributed by atoms with Crippen LogP contribution in [0, 0.1) is 0 Å². The van der Waals surface area contributed by atoms with Gasteiger partial charge in [-0.25, -0.2) is 0 Å². The third kappa shape index (κ3) is 2.02. The predicted molar refractivity (Wildman–Crippen MR) is 58.3 cm³/mol. The molecule has 74 valence electrons. The molecule has 14 heavy (non-hydrogen) atoms. The summed E-state index contributed by atoms with van der Waals surface area (Å²) in [6.45, 7) is 2.80. The molecule has 0 amide bonds. The van der Waals surface area contributed by atoms with Crippen molar-refractivity contribution in [2.45, 2.75) is 19.5 Å². The molecule has 2 aromatic heterocycles. The van der Waals surface area contributed by atoms with Gasteiger partial charge in [0.15, 0.2) is 0 Å². The number of rotatable bonds is 3. The maximum absolute atomic E-state index is 5.75. The highest BCUT2D eigenvalue weighted by molar-refractivity contribution is 7.09. The minimum absolute atomic E-state index is 0.0621. The first kappa shape index (κ1) is 9.43. The fourth-order valence-corrected chi connectivity index (χ4v) is 1.96. The molecule has 3 nitrogen and oxygen atoms in total. The van der Waals surface area contributed by atoms with Crippen LogP contribution in [0.1, 0.15) is 23.4 Å². The Morgan fingerprint density at radius 3 is 3.07 bits per heavy atom. The van der Waals surface area contributed by atoms with Gasteiger partial charge in [0.05, 0.1) is 12.7 Å². The molecule has 2 rings (SSSR count). The molecule has 1 atom stereocenters. The Kier molecular flexibility index (Phi) is 2.65. The summed E-state index contributed by atoms with van der Waals surface area (Å²) in [5, 5.41) is 6.33. The van der Waals surface area contributed by atoms with E-state index < -0.39 is 0 Å². The van der Waals surface area contributed by atoms with E-state index in [1.807, 2.05) is 24.0 Å². The number of hydrogen-bond donors (Lipinski definition) is 1. The van der Waals surface area contributed by atoms with Gasteiger partial charge in [-0.3, -0.25) is 4.68 Å². The summed E-state index contributed by atoms with van der Waals surface area (Å²) >= 11 is 1.74. The number of thiophene rings is 1. The zero-order valence-electron chi connectivity index (χ0n) is 8.05. The van der Waals surface area contributed by atoms with Crippen LogP contribution in [0.2, 0.25) is 0 Å². The minimum Gasteiger partial charge on any atom is -0.324 e. The fraction of sp³-hybridized carbons (Fsp3) is 0.300. The Bertz CT molecular complexity index is 389. The number of nitrogens with zero attached hydrogens (tertiary/aromatic N) is 2. The molecule has 0 aliphatic heterocycles. The first-order valence-electron chi connectivity index (χ1n) is 4.56. The summed E-state index contributed by atoms with van der Waals surface area (Å²) in [6, 6.07) is 4.22. The van der Waals surface area contributed by atoms with E-state index in [1.165, 1.54) is 4.88 Å². The van der Waals surface area contributed by atoms with Gasteiger partial charge in [0, 0.05) is 22.7 Å².